The van der Waals surface area contributed by atoms with Crippen LogP contribution in [0.2, 0.25) is 0 Å². The molecule has 1 atom stereocenters. The number of rotatable bonds is 6. The standard InChI is InChI=1S/C22H23N3O5/c1-29-19-7-3-2-5-15(19)12-23-20(26)13-30-22(28)14-8-9-17-16(11-14)24-21(27)18-6-4-10-25(17)18/h2-3,5,7-9,11,18H,4,6,10,12-13H2,1H3,(H,23,26)(H,24,27)/t18-/m1/s1. The van der Waals surface area contributed by atoms with E-state index in [4.69, 9.17) is 9.47 Å². The van der Waals surface area contributed by atoms with E-state index in [1.165, 1.54) is 0 Å². The predicted molar refractivity (Wildman–Crippen MR) is 111 cm³/mol. The van der Waals surface area contributed by atoms with Crippen molar-refractivity contribution in [3.8, 4) is 5.75 Å². The number of methoxy groups -OCH3 is 1. The highest BCUT2D eigenvalue weighted by atomic mass is 16.5. The Labute approximate surface area is 174 Å². The monoisotopic (exact) mass is 409 g/mol. The number of anilines is 2. The Morgan fingerprint density at radius 1 is 1.23 bits per heavy atom. The molecule has 2 amide bonds. The lowest BCUT2D eigenvalue weighted by Crippen LogP contribution is -2.43. The second-order valence-electron chi connectivity index (χ2n) is 7.24. The van der Waals surface area contributed by atoms with Crippen LogP contribution in [0.4, 0.5) is 11.4 Å². The second-order valence-corrected chi connectivity index (χ2v) is 7.24. The molecule has 8 nitrogen and oxygen atoms in total. The van der Waals surface area contributed by atoms with Crippen LogP contribution in [0.5, 0.6) is 5.75 Å². The molecule has 1 saturated heterocycles. The molecule has 0 saturated carbocycles. The number of nitrogens with zero attached hydrogens (tertiary/aromatic N) is 1. The first kappa shape index (κ1) is 19.8. The fourth-order valence-electron chi connectivity index (χ4n) is 3.87. The number of benzene rings is 2. The topological polar surface area (TPSA) is 97.0 Å². The highest BCUT2D eigenvalue weighted by Gasteiger charge is 2.36. The Balaban J connectivity index is 1.34. The number of esters is 1. The number of nitrogens with one attached hydrogen (secondary N) is 2. The molecule has 156 valence electrons. The molecule has 4 rings (SSSR count). The van der Waals surface area contributed by atoms with Gasteiger partial charge in [0, 0.05) is 18.7 Å². The van der Waals surface area contributed by atoms with Crippen LogP contribution in [0.25, 0.3) is 0 Å². The van der Waals surface area contributed by atoms with Gasteiger partial charge >= 0.3 is 5.97 Å². The average Bonchev–Trinajstić information content (AvgIpc) is 3.27. The zero-order valence-corrected chi connectivity index (χ0v) is 16.6. The molecule has 30 heavy (non-hydrogen) atoms. The van der Waals surface area contributed by atoms with Crippen LogP contribution >= 0.6 is 0 Å². The van der Waals surface area contributed by atoms with Gasteiger partial charge in [0.05, 0.1) is 24.0 Å². The van der Waals surface area contributed by atoms with E-state index in [0.29, 0.717) is 11.4 Å². The van der Waals surface area contributed by atoms with Crippen molar-refractivity contribution >= 4 is 29.2 Å². The number of fused-ring (bicyclic) bond motifs is 3. The van der Waals surface area contributed by atoms with Crippen molar-refractivity contribution in [2.24, 2.45) is 0 Å². The van der Waals surface area contributed by atoms with Gasteiger partial charge in [0.1, 0.15) is 11.8 Å². The smallest absolute Gasteiger partial charge is 0.338 e. The molecular formula is C22H23N3O5. The van der Waals surface area contributed by atoms with Gasteiger partial charge in [-0.3, -0.25) is 9.59 Å². The Morgan fingerprint density at radius 3 is 2.90 bits per heavy atom. The summed E-state index contributed by atoms with van der Waals surface area (Å²) in [4.78, 5) is 38.7. The number of carbonyl (C=O) groups is 3. The van der Waals surface area contributed by atoms with E-state index in [2.05, 4.69) is 15.5 Å². The third kappa shape index (κ3) is 3.94. The van der Waals surface area contributed by atoms with Crippen molar-refractivity contribution in [3.63, 3.8) is 0 Å². The Kier molecular flexibility index (Phi) is 5.56. The van der Waals surface area contributed by atoms with Crippen LogP contribution in [-0.2, 0) is 20.9 Å². The van der Waals surface area contributed by atoms with Crippen LogP contribution in [0.15, 0.2) is 42.5 Å². The minimum Gasteiger partial charge on any atom is -0.496 e. The molecule has 1 fully saturated rings. The second kappa shape index (κ2) is 8.44. The SMILES string of the molecule is COc1ccccc1CNC(=O)COC(=O)c1ccc2c(c1)NC(=O)[C@H]1CCCN21. The number of amides is 2. The maximum atomic E-state index is 12.4. The van der Waals surface area contributed by atoms with Crippen LogP contribution < -0.4 is 20.3 Å². The van der Waals surface area contributed by atoms with Gasteiger partial charge in [0.15, 0.2) is 6.61 Å². The molecule has 2 N–H and O–H groups in total. The zero-order valence-electron chi connectivity index (χ0n) is 16.6. The third-order valence-electron chi connectivity index (χ3n) is 5.36. The summed E-state index contributed by atoms with van der Waals surface area (Å²) in [7, 11) is 1.56. The molecule has 0 radical (unpaired) electrons. The lowest BCUT2D eigenvalue weighted by molar-refractivity contribution is -0.124. The molecule has 2 heterocycles. The fraction of sp³-hybridized carbons (Fsp3) is 0.318. The third-order valence-corrected chi connectivity index (χ3v) is 5.36. The van der Waals surface area contributed by atoms with Crippen molar-refractivity contribution in [3.05, 3.63) is 53.6 Å². The Morgan fingerprint density at radius 2 is 2.07 bits per heavy atom. The number of carbonyl (C=O) groups excluding carboxylic acids is 3. The van der Waals surface area contributed by atoms with Crippen molar-refractivity contribution in [1.82, 2.24) is 5.32 Å². The molecule has 2 aliphatic heterocycles. The summed E-state index contributed by atoms with van der Waals surface area (Å²) in [5.74, 6) is -0.421. The van der Waals surface area contributed by atoms with Gasteiger partial charge in [-0.25, -0.2) is 4.79 Å². The maximum absolute atomic E-state index is 12.4. The zero-order chi connectivity index (χ0) is 21.1. The molecule has 0 bridgehead atoms. The summed E-state index contributed by atoms with van der Waals surface area (Å²) in [6.45, 7) is 0.690. The number of hydrogen-bond donors (Lipinski definition) is 2. The van der Waals surface area contributed by atoms with Crippen LogP contribution in [0.1, 0.15) is 28.8 Å². The molecular weight excluding hydrogens is 386 g/mol. The quantitative estimate of drug-likeness (QED) is 0.709. The minimum absolute atomic E-state index is 0.0544. The first-order chi connectivity index (χ1) is 14.6. The summed E-state index contributed by atoms with van der Waals surface area (Å²) in [6.07, 6.45) is 1.80. The van der Waals surface area contributed by atoms with E-state index in [1.807, 2.05) is 24.3 Å². The molecule has 0 aromatic heterocycles. The van der Waals surface area contributed by atoms with Gasteiger partial charge < -0.3 is 25.0 Å². The summed E-state index contributed by atoms with van der Waals surface area (Å²) < 4.78 is 10.4. The van der Waals surface area contributed by atoms with Gasteiger partial charge in [0.2, 0.25) is 5.91 Å². The van der Waals surface area contributed by atoms with E-state index >= 15 is 0 Å². The largest absolute Gasteiger partial charge is 0.496 e. The van der Waals surface area contributed by atoms with E-state index in [0.717, 1.165) is 30.6 Å². The van der Waals surface area contributed by atoms with E-state index in [9.17, 15) is 14.4 Å². The molecule has 2 aromatic carbocycles. The van der Waals surface area contributed by atoms with Crippen molar-refractivity contribution in [2.45, 2.75) is 25.4 Å². The van der Waals surface area contributed by atoms with Crippen molar-refractivity contribution in [2.75, 3.05) is 30.5 Å². The highest BCUT2D eigenvalue weighted by Crippen LogP contribution is 2.37. The van der Waals surface area contributed by atoms with Crippen LogP contribution in [0, 0.1) is 0 Å². The minimum atomic E-state index is -0.622. The fourth-order valence-corrected chi connectivity index (χ4v) is 3.87. The van der Waals surface area contributed by atoms with Crippen molar-refractivity contribution < 1.29 is 23.9 Å². The molecule has 0 spiro atoms. The Bertz CT molecular complexity index is 990. The van der Waals surface area contributed by atoms with E-state index in [1.54, 1.807) is 25.3 Å². The molecule has 8 heteroatoms. The maximum Gasteiger partial charge on any atom is 0.338 e. The summed E-state index contributed by atoms with van der Waals surface area (Å²) in [5.41, 5.74) is 2.60. The summed E-state index contributed by atoms with van der Waals surface area (Å²) in [5, 5.41) is 5.56. The number of hydrogen-bond acceptors (Lipinski definition) is 6. The van der Waals surface area contributed by atoms with Gasteiger partial charge in [-0.1, -0.05) is 18.2 Å². The van der Waals surface area contributed by atoms with Gasteiger partial charge in [0.25, 0.3) is 5.91 Å². The molecule has 2 aromatic rings. The van der Waals surface area contributed by atoms with Gasteiger partial charge in [-0.15, -0.1) is 0 Å². The van der Waals surface area contributed by atoms with E-state index in [-0.39, 0.29) is 24.1 Å². The number of ether oxygens (including phenoxy) is 2. The van der Waals surface area contributed by atoms with E-state index < -0.39 is 18.5 Å². The van der Waals surface area contributed by atoms with Gasteiger partial charge in [-0.2, -0.15) is 0 Å². The average molecular weight is 409 g/mol. The highest BCUT2D eigenvalue weighted by molar-refractivity contribution is 6.05. The molecule has 2 aliphatic rings. The van der Waals surface area contributed by atoms with Crippen molar-refractivity contribution in [1.29, 1.82) is 0 Å². The molecule has 0 aliphatic carbocycles. The Hall–Kier alpha value is -3.55. The van der Waals surface area contributed by atoms with Crippen LogP contribution in [0.3, 0.4) is 0 Å². The summed E-state index contributed by atoms with van der Waals surface area (Å²) in [6, 6.07) is 12.3. The molecule has 0 unspecified atom stereocenters. The predicted octanol–water partition coefficient (Wildman–Crippen LogP) is 2.09. The normalized spacial score (nSPS) is 16.9. The first-order valence-corrected chi connectivity index (χ1v) is 9.84. The lowest BCUT2D eigenvalue weighted by Gasteiger charge is -2.33. The first-order valence-electron chi connectivity index (χ1n) is 9.84. The summed E-state index contributed by atoms with van der Waals surface area (Å²) >= 11 is 0. The van der Waals surface area contributed by atoms with Gasteiger partial charge in [-0.05, 0) is 37.1 Å². The van der Waals surface area contributed by atoms with Crippen LogP contribution in [-0.4, -0.2) is 44.1 Å². The number of para-hydroxylation sites is 1. The lowest BCUT2D eigenvalue weighted by atomic mass is 10.1.